The second-order valence-electron chi connectivity index (χ2n) is 9.82. The molecule has 0 aromatic carbocycles. The van der Waals surface area contributed by atoms with E-state index in [2.05, 4.69) is 21.9 Å². The topological polar surface area (TPSA) is 137 Å². The van der Waals surface area contributed by atoms with Gasteiger partial charge in [-0.2, -0.15) is 9.97 Å². The summed E-state index contributed by atoms with van der Waals surface area (Å²) < 4.78 is 16.3. The highest BCUT2D eigenvalue weighted by molar-refractivity contribution is 5.94. The van der Waals surface area contributed by atoms with Gasteiger partial charge in [0, 0.05) is 17.4 Å². The Morgan fingerprint density at radius 3 is 2.47 bits per heavy atom. The number of ether oxygens (including phenoxy) is 3. The molecule has 1 heterocycles. The van der Waals surface area contributed by atoms with Gasteiger partial charge in [0.2, 0.25) is 11.8 Å². The normalized spacial score (nSPS) is 28.0. The Morgan fingerprint density at radius 2 is 1.94 bits per heavy atom. The molecule has 1 aromatic rings. The van der Waals surface area contributed by atoms with E-state index in [4.69, 9.17) is 14.2 Å². The van der Waals surface area contributed by atoms with Crippen molar-refractivity contribution >= 4 is 17.8 Å². The molecule has 0 radical (unpaired) electrons. The lowest BCUT2D eigenvalue weighted by molar-refractivity contribution is -0.150. The first-order chi connectivity index (χ1) is 15.9. The lowest BCUT2D eigenvalue weighted by Crippen LogP contribution is -2.49. The summed E-state index contributed by atoms with van der Waals surface area (Å²) in [5, 5.41) is 12.5. The van der Waals surface area contributed by atoms with Gasteiger partial charge >= 0.3 is 17.9 Å². The number of aliphatic carboxylic acids is 1. The summed E-state index contributed by atoms with van der Waals surface area (Å²) in [5.74, 6) is -3.97. The lowest BCUT2D eigenvalue weighted by Gasteiger charge is -2.21. The maximum Gasteiger partial charge on any atom is 0.332 e. The van der Waals surface area contributed by atoms with E-state index < -0.39 is 41.3 Å². The second-order valence-corrected chi connectivity index (χ2v) is 9.82. The van der Waals surface area contributed by atoms with Crippen LogP contribution in [0.5, 0.6) is 11.9 Å². The minimum Gasteiger partial charge on any atom is -0.481 e. The first-order valence-electron chi connectivity index (χ1n) is 11.4. The molecule has 0 spiro atoms. The number of methoxy groups -OCH3 is 1. The number of amides is 1. The van der Waals surface area contributed by atoms with Gasteiger partial charge in [-0.05, 0) is 26.2 Å². The predicted octanol–water partition coefficient (Wildman–Crippen LogP) is 2.26. The van der Waals surface area contributed by atoms with Crippen LogP contribution >= 0.6 is 0 Å². The third-order valence-corrected chi connectivity index (χ3v) is 6.38. The van der Waals surface area contributed by atoms with Gasteiger partial charge in [-0.1, -0.05) is 26.8 Å². The molecule has 2 aliphatic carbocycles. The number of carbonyl (C=O) groups excluding carboxylic acids is 2. The van der Waals surface area contributed by atoms with E-state index >= 15 is 0 Å². The molecule has 186 valence electrons. The average molecular weight is 476 g/mol. The number of carbonyl (C=O) groups is 3. The van der Waals surface area contributed by atoms with E-state index in [0.717, 1.165) is 0 Å². The van der Waals surface area contributed by atoms with E-state index in [0.29, 0.717) is 12.1 Å². The number of carboxylic acid groups (broad SMARTS) is 1. The van der Waals surface area contributed by atoms with Crippen molar-refractivity contribution in [2.45, 2.75) is 64.0 Å². The van der Waals surface area contributed by atoms with Crippen molar-refractivity contribution in [2.24, 2.45) is 17.8 Å². The molecular weight excluding hydrogens is 442 g/mol. The maximum absolute atomic E-state index is 13.2. The quantitative estimate of drug-likeness (QED) is 0.407. The van der Waals surface area contributed by atoms with E-state index in [1.165, 1.54) is 7.11 Å². The van der Waals surface area contributed by atoms with Crippen LogP contribution in [0.2, 0.25) is 0 Å². The zero-order chi connectivity index (χ0) is 25.3. The van der Waals surface area contributed by atoms with Crippen molar-refractivity contribution in [3.63, 3.8) is 0 Å². The summed E-state index contributed by atoms with van der Waals surface area (Å²) >= 11 is 0. The Hall–Kier alpha value is -3.17. The van der Waals surface area contributed by atoms with Crippen LogP contribution in [0.25, 0.3) is 0 Å². The Labute approximate surface area is 199 Å². The third-order valence-electron chi connectivity index (χ3n) is 6.38. The van der Waals surface area contributed by atoms with Gasteiger partial charge in [0.15, 0.2) is 0 Å². The van der Waals surface area contributed by atoms with Crippen molar-refractivity contribution in [3.05, 3.63) is 24.4 Å². The van der Waals surface area contributed by atoms with Crippen LogP contribution in [0.4, 0.5) is 0 Å². The molecule has 2 aliphatic rings. The van der Waals surface area contributed by atoms with E-state index in [-0.39, 0.29) is 42.7 Å². The molecule has 2 saturated carbocycles. The Bertz CT molecular complexity index is 974. The Balaban J connectivity index is 1.77. The Morgan fingerprint density at radius 1 is 1.26 bits per heavy atom. The highest BCUT2D eigenvalue weighted by Crippen LogP contribution is 2.46. The van der Waals surface area contributed by atoms with Crippen LogP contribution in [0, 0.1) is 17.8 Å². The van der Waals surface area contributed by atoms with Crippen molar-refractivity contribution in [1.29, 1.82) is 0 Å². The molecule has 2 fully saturated rings. The lowest BCUT2D eigenvalue weighted by atomic mass is 9.92. The van der Waals surface area contributed by atoms with Crippen molar-refractivity contribution in [1.82, 2.24) is 15.3 Å². The van der Waals surface area contributed by atoms with Crippen LogP contribution < -0.4 is 14.8 Å². The summed E-state index contributed by atoms with van der Waals surface area (Å²) in [5.41, 5.74) is -0.765. The summed E-state index contributed by atoms with van der Waals surface area (Å²) in [6.07, 6.45) is 1.71. The largest absolute Gasteiger partial charge is 0.481 e. The molecule has 1 aromatic heterocycles. The summed E-state index contributed by atoms with van der Waals surface area (Å²) in [6, 6.07) is 1.84. The van der Waals surface area contributed by atoms with Gasteiger partial charge < -0.3 is 24.6 Å². The van der Waals surface area contributed by atoms with Crippen LogP contribution in [0.1, 0.15) is 52.7 Å². The van der Waals surface area contributed by atoms with E-state index in [9.17, 15) is 19.5 Å². The van der Waals surface area contributed by atoms with Crippen molar-refractivity contribution < 1.29 is 33.7 Å². The van der Waals surface area contributed by atoms with Gasteiger partial charge in [-0.15, -0.1) is 6.58 Å². The highest BCUT2D eigenvalue weighted by Gasteiger charge is 2.62. The average Bonchev–Trinajstić information content (AvgIpc) is 3.32. The first kappa shape index (κ1) is 25.5. The summed E-state index contributed by atoms with van der Waals surface area (Å²) in [4.78, 5) is 46.2. The number of hydrogen-bond acceptors (Lipinski definition) is 8. The van der Waals surface area contributed by atoms with Crippen LogP contribution in [-0.2, 0) is 24.5 Å². The molecular formula is C24H33N3O7. The summed E-state index contributed by atoms with van der Waals surface area (Å²) in [6.45, 7) is 11.5. The van der Waals surface area contributed by atoms with Crippen LogP contribution in [0.15, 0.2) is 18.7 Å². The number of nitrogens with zero attached hydrogens (tertiary/aromatic N) is 2. The van der Waals surface area contributed by atoms with Gasteiger partial charge in [0.25, 0.3) is 0 Å². The molecule has 10 nitrogen and oxygen atoms in total. The molecule has 0 bridgehead atoms. The number of hydrogen-bond donors (Lipinski definition) is 2. The smallest absolute Gasteiger partial charge is 0.332 e. The molecule has 0 saturated heterocycles. The van der Waals surface area contributed by atoms with E-state index in [1.807, 2.05) is 20.8 Å². The van der Waals surface area contributed by atoms with Gasteiger partial charge in [-0.25, -0.2) is 4.79 Å². The highest BCUT2D eigenvalue weighted by atomic mass is 16.5. The molecule has 5 atom stereocenters. The van der Waals surface area contributed by atoms with Gasteiger partial charge in [0.05, 0.1) is 31.2 Å². The zero-order valence-corrected chi connectivity index (χ0v) is 20.3. The molecule has 34 heavy (non-hydrogen) atoms. The molecule has 0 aliphatic heterocycles. The number of aromatic nitrogens is 2. The fraction of sp³-hybridized carbons (Fsp3) is 0.625. The molecule has 2 N–H and O–H groups in total. The third kappa shape index (κ3) is 5.15. The second kappa shape index (κ2) is 9.60. The first-order valence-corrected chi connectivity index (χ1v) is 11.4. The van der Waals surface area contributed by atoms with E-state index in [1.54, 1.807) is 19.1 Å². The Kier molecular flexibility index (Phi) is 7.18. The number of esters is 1. The zero-order valence-electron chi connectivity index (χ0n) is 20.3. The van der Waals surface area contributed by atoms with Gasteiger partial charge in [0.1, 0.15) is 11.6 Å². The molecule has 1 amide bonds. The molecule has 3 rings (SSSR count). The van der Waals surface area contributed by atoms with Crippen LogP contribution in [0.3, 0.4) is 0 Å². The van der Waals surface area contributed by atoms with Crippen LogP contribution in [-0.4, -0.2) is 58.3 Å². The number of nitrogens with one attached hydrogen (secondary N) is 1. The minimum atomic E-state index is -1.18. The monoisotopic (exact) mass is 475 g/mol. The maximum atomic E-state index is 13.2. The molecule has 0 unspecified atom stereocenters. The minimum absolute atomic E-state index is 0.127. The fourth-order valence-electron chi connectivity index (χ4n) is 4.33. The SMILES string of the molecule is C=C[C@@H]1C[C@]1(NC(=O)[C@@H]1C[C@@H](Oc2cc(C(C)(C)C)nc(OC)n2)C[C@H]1C(=O)O)C(=O)OCC. The fourth-order valence-corrected chi connectivity index (χ4v) is 4.33. The summed E-state index contributed by atoms with van der Waals surface area (Å²) in [7, 11) is 1.45. The number of carboxylic acids is 1. The predicted molar refractivity (Wildman–Crippen MR) is 121 cm³/mol. The van der Waals surface area contributed by atoms with Gasteiger partial charge in [-0.3, -0.25) is 9.59 Å². The van der Waals surface area contributed by atoms with Crippen molar-refractivity contribution in [2.75, 3.05) is 13.7 Å². The standard InChI is InChI=1S/C24H33N3O7/c1-7-13-12-24(13,21(31)33-8-2)27-19(28)15-9-14(10-16(15)20(29)30)34-18-11-17(23(3,4)5)25-22(26-18)32-6/h7,11,13-16H,1,8-10,12H2,2-6H3,(H,27,28)(H,29,30)/t13-,14-,15-,16-,24-/m1/s1. The number of rotatable bonds is 9. The van der Waals surface area contributed by atoms with Crippen molar-refractivity contribution in [3.8, 4) is 11.9 Å². The molecule has 10 heteroatoms.